The van der Waals surface area contributed by atoms with E-state index in [1.54, 1.807) is 32.4 Å². The molecule has 4 unspecified atom stereocenters. The second-order valence-electron chi connectivity index (χ2n) is 14.1. The number of nitrogens with zero attached hydrogens (tertiary/aromatic N) is 1. The molecule has 5 nitrogen and oxygen atoms in total. The van der Waals surface area contributed by atoms with Crippen LogP contribution in [0.3, 0.4) is 0 Å². The number of carbonyl (C=O) groups is 2. The van der Waals surface area contributed by atoms with Crippen molar-refractivity contribution >= 4 is 50.2 Å². The van der Waals surface area contributed by atoms with Gasteiger partial charge in [-0.1, -0.05) is 87.5 Å². The zero-order valence-corrected chi connectivity index (χ0v) is 30.7. The first-order valence-electron chi connectivity index (χ1n) is 16.4. The SMILES string of the molecule is CC(C)(C)[O-].Nc1c(C=O)ccc2ccccc12.O=C1CC2CCC1C2.[K+].c1ccc2c(c1)ccc1cc3c(nc12)C1CCC3C1. The van der Waals surface area contributed by atoms with Crippen LogP contribution in [0.4, 0.5) is 5.69 Å². The summed E-state index contributed by atoms with van der Waals surface area (Å²) in [6.07, 6.45) is 9.50. The van der Waals surface area contributed by atoms with Crippen molar-refractivity contribution in [3.05, 3.63) is 95.7 Å². The van der Waals surface area contributed by atoms with Crippen molar-refractivity contribution in [1.82, 2.24) is 4.98 Å². The molecule has 4 aliphatic carbocycles. The van der Waals surface area contributed by atoms with Crippen molar-refractivity contribution in [1.29, 1.82) is 0 Å². The molecular weight excluding hydrogens is 596 g/mol. The van der Waals surface area contributed by atoms with Gasteiger partial charge in [0.25, 0.3) is 0 Å². The van der Waals surface area contributed by atoms with Crippen LogP contribution in [0.2, 0.25) is 0 Å². The van der Waals surface area contributed by atoms with Crippen LogP contribution >= 0.6 is 0 Å². The monoisotopic (exact) mass is 638 g/mol. The number of ketones is 1. The van der Waals surface area contributed by atoms with Gasteiger partial charge < -0.3 is 10.8 Å². The van der Waals surface area contributed by atoms with Crippen molar-refractivity contribution < 1.29 is 66.1 Å². The minimum absolute atomic E-state index is 0. The summed E-state index contributed by atoms with van der Waals surface area (Å²) in [5.74, 6) is 3.38. The van der Waals surface area contributed by atoms with Crippen molar-refractivity contribution in [3.63, 3.8) is 0 Å². The molecule has 232 valence electrons. The molecule has 3 fully saturated rings. The number of benzene rings is 4. The molecule has 46 heavy (non-hydrogen) atoms. The van der Waals surface area contributed by atoms with E-state index in [1.165, 1.54) is 65.9 Å². The molecule has 4 bridgehead atoms. The number of aldehydes is 1. The van der Waals surface area contributed by atoms with Gasteiger partial charge in [-0.25, -0.2) is 0 Å². The van der Waals surface area contributed by atoms with Crippen LogP contribution in [0, 0.1) is 11.8 Å². The maximum absolute atomic E-state index is 10.8. The maximum Gasteiger partial charge on any atom is 1.00 e. The van der Waals surface area contributed by atoms with E-state index in [4.69, 9.17) is 10.7 Å². The molecule has 4 aliphatic rings. The molecule has 0 aliphatic heterocycles. The van der Waals surface area contributed by atoms with Gasteiger partial charge in [0, 0.05) is 51.4 Å². The average molecular weight is 639 g/mol. The molecule has 0 radical (unpaired) electrons. The summed E-state index contributed by atoms with van der Waals surface area (Å²) >= 11 is 0. The molecule has 0 spiro atoms. The molecule has 1 aromatic heterocycles. The smallest absolute Gasteiger partial charge is 0.850 e. The molecule has 4 aromatic carbocycles. The van der Waals surface area contributed by atoms with Gasteiger partial charge in [-0.05, 0) is 78.8 Å². The van der Waals surface area contributed by atoms with Crippen LogP contribution in [0.15, 0.2) is 78.9 Å². The van der Waals surface area contributed by atoms with Gasteiger partial charge in [-0.3, -0.25) is 14.6 Å². The van der Waals surface area contributed by atoms with Crippen molar-refractivity contribution in [3.8, 4) is 0 Å². The molecule has 6 heteroatoms. The van der Waals surface area contributed by atoms with Crippen molar-refractivity contribution in [2.24, 2.45) is 11.8 Å². The Hall–Kier alpha value is -2.45. The summed E-state index contributed by atoms with van der Waals surface area (Å²) in [5.41, 5.74) is 10.3. The first-order chi connectivity index (χ1) is 21.6. The number of hydrogen-bond acceptors (Lipinski definition) is 5. The maximum atomic E-state index is 10.8. The van der Waals surface area contributed by atoms with E-state index in [0.717, 1.165) is 41.2 Å². The van der Waals surface area contributed by atoms with E-state index in [9.17, 15) is 14.7 Å². The van der Waals surface area contributed by atoms with E-state index in [-0.39, 0.29) is 51.4 Å². The number of rotatable bonds is 1. The van der Waals surface area contributed by atoms with Crippen LogP contribution in [0.5, 0.6) is 0 Å². The summed E-state index contributed by atoms with van der Waals surface area (Å²) in [7, 11) is 0. The molecule has 0 amide bonds. The number of hydrogen-bond donors (Lipinski definition) is 1. The average Bonchev–Trinajstić information content (AvgIpc) is 3.83. The number of aromatic nitrogens is 1. The Bertz CT molecular complexity index is 1870. The molecule has 1 heterocycles. The minimum atomic E-state index is -0.750. The summed E-state index contributed by atoms with van der Waals surface area (Å²) in [6.45, 7) is 4.90. The summed E-state index contributed by atoms with van der Waals surface area (Å²) < 4.78 is 0. The Balaban J connectivity index is 0.000000134. The fourth-order valence-electron chi connectivity index (χ4n) is 7.53. The molecule has 0 saturated heterocycles. The van der Waals surface area contributed by atoms with Gasteiger partial charge in [0.2, 0.25) is 0 Å². The van der Waals surface area contributed by atoms with Crippen LogP contribution in [0.1, 0.15) is 99.2 Å². The number of fused-ring (bicyclic) bond motifs is 11. The van der Waals surface area contributed by atoms with Gasteiger partial charge in [-0.15, -0.1) is 5.60 Å². The van der Waals surface area contributed by atoms with Crippen LogP contribution in [0.25, 0.3) is 32.4 Å². The fraction of sp³-hybridized carbons (Fsp3) is 0.375. The standard InChI is InChI=1S/C18H15N.C11H9NO.C7H10O.C4H9O.K/c1-2-4-15-11(3-1)5-7-14-10-16-12-6-8-13(9-12)18(16)19-17(14)15;12-11-9(7-13)6-5-8-3-1-2-4-10(8)11;8-7-4-5-1-2-6(7)3-5;1-4(2,3)5;/h1-5,7,10,12-13H,6,8-9H2;1-7H,12H2;5-6H,1-4H2;1-3H3;/q;;;-1;+1. The Labute approximate surface area is 314 Å². The van der Waals surface area contributed by atoms with Gasteiger partial charge in [0.1, 0.15) is 5.78 Å². The number of carbonyl (C=O) groups excluding carboxylic acids is 2. The van der Waals surface area contributed by atoms with E-state index in [2.05, 4.69) is 42.5 Å². The summed E-state index contributed by atoms with van der Waals surface area (Å²) in [4.78, 5) is 26.5. The molecule has 2 N–H and O–H groups in total. The largest absolute Gasteiger partial charge is 1.00 e. The summed E-state index contributed by atoms with van der Waals surface area (Å²) in [5, 5.41) is 16.0. The van der Waals surface area contributed by atoms with E-state index < -0.39 is 5.60 Å². The van der Waals surface area contributed by atoms with Gasteiger partial charge >= 0.3 is 51.4 Å². The van der Waals surface area contributed by atoms with Crippen LogP contribution in [-0.4, -0.2) is 22.7 Å². The number of pyridine rings is 1. The first-order valence-corrected chi connectivity index (χ1v) is 16.4. The zero-order valence-electron chi connectivity index (χ0n) is 27.6. The fourth-order valence-corrected chi connectivity index (χ4v) is 7.53. The number of anilines is 1. The van der Waals surface area contributed by atoms with Crippen LogP contribution < -0.4 is 62.2 Å². The normalized spacial score (nSPS) is 21.8. The minimum Gasteiger partial charge on any atom is -0.850 e. The second kappa shape index (κ2) is 14.8. The quantitative estimate of drug-likeness (QED) is 0.113. The Kier molecular flexibility index (Phi) is 11.2. The molecule has 3 saturated carbocycles. The predicted octanol–water partition coefficient (Wildman–Crippen LogP) is 5.51. The van der Waals surface area contributed by atoms with E-state index in [1.807, 2.05) is 30.3 Å². The third kappa shape index (κ3) is 7.81. The number of nitrogens with two attached hydrogens (primary N) is 1. The van der Waals surface area contributed by atoms with Crippen molar-refractivity contribution in [2.75, 3.05) is 5.73 Å². The molecule has 9 rings (SSSR count). The Morgan fingerprint density at radius 1 is 0.783 bits per heavy atom. The van der Waals surface area contributed by atoms with Gasteiger partial charge in [0.05, 0.1) is 5.52 Å². The van der Waals surface area contributed by atoms with Gasteiger partial charge in [0.15, 0.2) is 6.29 Å². The number of nitrogen functional groups attached to an aromatic ring is 1. The Morgan fingerprint density at radius 2 is 1.37 bits per heavy atom. The third-order valence-corrected chi connectivity index (χ3v) is 9.65. The first kappa shape index (κ1) is 34.9. The van der Waals surface area contributed by atoms with Gasteiger partial charge in [-0.2, -0.15) is 0 Å². The van der Waals surface area contributed by atoms with Crippen molar-refractivity contribution in [2.45, 2.75) is 83.2 Å². The predicted molar refractivity (Wildman–Crippen MR) is 183 cm³/mol. The zero-order chi connectivity index (χ0) is 31.7. The van der Waals surface area contributed by atoms with E-state index >= 15 is 0 Å². The topological polar surface area (TPSA) is 96.1 Å². The Morgan fingerprint density at radius 3 is 1.98 bits per heavy atom. The third-order valence-electron chi connectivity index (χ3n) is 9.65. The summed E-state index contributed by atoms with van der Waals surface area (Å²) in [6, 6.07) is 26.8. The van der Waals surface area contributed by atoms with Crippen LogP contribution in [-0.2, 0) is 4.79 Å². The molecule has 5 aromatic rings. The molecular formula is C40H43KN2O3. The second-order valence-corrected chi connectivity index (χ2v) is 14.1. The molecule has 4 atom stereocenters. The number of Topliss-reactive ketones (excluding diaryl/α,β-unsaturated/α-hetero) is 1. The van der Waals surface area contributed by atoms with E-state index in [0.29, 0.717) is 23.0 Å².